The van der Waals surface area contributed by atoms with Crippen molar-refractivity contribution in [2.24, 2.45) is 0 Å². The molecule has 2 aromatic carbocycles. The zero-order chi connectivity index (χ0) is 19.7. The minimum Gasteiger partial charge on any atom is -0.350 e. The second-order valence-corrected chi connectivity index (χ2v) is 9.33. The van der Waals surface area contributed by atoms with Crippen LogP contribution in [-0.2, 0) is 16.4 Å². The van der Waals surface area contributed by atoms with Gasteiger partial charge < -0.3 is 10.6 Å². The Morgan fingerprint density at radius 1 is 1.21 bits per heavy atom. The van der Waals surface area contributed by atoms with E-state index >= 15 is 0 Å². The molecule has 2 aromatic rings. The molecule has 28 heavy (non-hydrogen) atoms. The molecule has 0 spiro atoms. The Bertz CT molecular complexity index is 984. The summed E-state index contributed by atoms with van der Waals surface area (Å²) in [6, 6.07) is 14.0. The second kappa shape index (κ2) is 7.56. The molecule has 148 valence electrons. The van der Waals surface area contributed by atoms with Crippen molar-refractivity contribution in [3.8, 4) is 0 Å². The van der Waals surface area contributed by atoms with Crippen molar-refractivity contribution in [3.63, 3.8) is 0 Å². The quantitative estimate of drug-likeness (QED) is 0.809. The fourth-order valence-electron chi connectivity index (χ4n) is 4.06. The van der Waals surface area contributed by atoms with Gasteiger partial charge in [-0.1, -0.05) is 24.3 Å². The molecule has 2 unspecified atom stereocenters. The maximum Gasteiger partial charge on any atom is 0.264 e. The van der Waals surface area contributed by atoms with Gasteiger partial charge in [-0.15, -0.1) is 0 Å². The van der Waals surface area contributed by atoms with Gasteiger partial charge >= 0.3 is 0 Å². The smallest absolute Gasteiger partial charge is 0.264 e. The predicted molar refractivity (Wildman–Crippen MR) is 109 cm³/mol. The van der Waals surface area contributed by atoms with E-state index in [1.54, 1.807) is 18.2 Å². The molecule has 0 radical (unpaired) electrons. The first-order valence-corrected chi connectivity index (χ1v) is 11.1. The van der Waals surface area contributed by atoms with Gasteiger partial charge in [0, 0.05) is 24.2 Å². The minimum atomic E-state index is -3.75. The summed E-state index contributed by atoms with van der Waals surface area (Å²) in [6.45, 7) is 3.43. The van der Waals surface area contributed by atoms with Crippen LogP contribution in [0.1, 0.15) is 35.7 Å². The largest absolute Gasteiger partial charge is 0.350 e. The van der Waals surface area contributed by atoms with Crippen molar-refractivity contribution in [2.45, 2.75) is 43.2 Å². The van der Waals surface area contributed by atoms with E-state index in [1.165, 1.54) is 10.4 Å². The summed E-state index contributed by atoms with van der Waals surface area (Å²) in [4.78, 5) is 12.7. The summed E-state index contributed by atoms with van der Waals surface area (Å²) in [5, 5.41) is 6.24. The second-order valence-electron chi connectivity index (χ2n) is 7.51. The highest BCUT2D eigenvalue weighted by Crippen LogP contribution is 2.36. The van der Waals surface area contributed by atoms with Crippen LogP contribution in [-0.4, -0.2) is 39.5 Å². The summed E-state index contributed by atoms with van der Waals surface area (Å²) in [5.74, 6) is -0.249. The van der Waals surface area contributed by atoms with E-state index in [-0.39, 0.29) is 22.9 Å². The molecule has 0 aliphatic carbocycles. The number of amides is 1. The van der Waals surface area contributed by atoms with Gasteiger partial charge in [0.15, 0.2) is 0 Å². The number of hydrogen-bond donors (Lipinski definition) is 2. The number of nitrogens with zero attached hydrogens (tertiary/aromatic N) is 1. The highest BCUT2D eigenvalue weighted by molar-refractivity contribution is 7.92. The molecule has 1 amide bonds. The normalized spacial score (nSPS) is 21.5. The molecule has 4 rings (SSSR count). The number of carbonyl (C=O) groups excluding carboxylic acids is 1. The summed E-state index contributed by atoms with van der Waals surface area (Å²) in [6.07, 6.45) is 2.84. The van der Waals surface area contributed by atoms with E-state index in [0.29, 0.717) is 18.5 Å². The first kappa shape index (κ1) is 19.0. The van der Waals surface area contributed by atoms with Crippen LogP contribution in [0.5, 0.6) is 0 Å². The molecular weight excluding hydrogens is 374 g/mol. The molecule has 0 aromatic heterocycles. The monoisotopic (exact) mass is 399 g/mol. The van der Waals surface area contributed by atoms with Gasteiger partial charge in [0.25, 0.3) is 15.9 Å². The number of hydrogen-bond acceptors (Lipinski definition) is 4. The first-order valence-electron chi connectivity index (χ1n) is 9.71. The van der Waals surface area contributed by atoms with Crippen molar-refractivity contribution in [2.75, 3.05) is 17.4 Å². The number of anilines is 1. The van der Waals surface area contributed by atoms with Gasteiger partial charge in [-0.25, -0.2) is 8.42 Å². The Kier molecular flexibility index (Phi) is 5.12. The molecule has 0 saturated carbocycles. The van der Waals surface area contributed by atoms with Crippen molar-refractivity contribution >= 4 is 21.6 Å². The van der Waals surface area contributed by atoms with E-state index in [1.807, 2.05) is 31.2 Å². The van der Waals surface area contributed by atoms with E-state index in [2.05, 4.69) is 10.6 Å². The van der Waals surface area contributed by atoms with E-state index in [0.717, 1.165) is 30.6 Å². The van der Waals surface area contributed by atoms with Crippen LogP contribution >= 0.6 is 0 Å². The van der Waals surface area contributed by atoms with E-state index < -0.39 is 10.0 Å². The number of para-hydroxylation sites is 1. The van der Waals surface area contributed by atoms with Crippen LogP contribution in [0, 0.1) is 0 Å². The zero-order valence-corrected chi connectivity index (χ0v) is 16.7. The van der Waals surface area contributed by atoms with E-state index in [9.17, 15) is 13.2 Å². The standard InChI is InChI=1S/C21H25N3O3S/c1-15-12-16-6-2-3-10-20(16)24(15)28(26,27)19-9-4-7-17(13-19)21(25)23-14-18-8-5-11-22-18/h2-4,6-7,9-10,13,15,18,22H,5,8,11-12,14H2,1H3,(H,23,25). The lowest BCUT2D eigenvalue weighted by Gasteiger charge is -2.24. The maximum absolute atomic E-state index is 13.3. The Morgan fingerprint density at radius 2 is 2.04 bits per heavy atom. The van der Waals surface area contributed by atoms with Crippen molar-refractivity contribution < 1.29 is 13.2 Å². The highest BCUT2D eigenvalue weighted by Gasteiger charge is 2.36. The van der Waals surface area contributed by atoms with Crippen molar-refractivity contribution in [3.05, 3.63) is 59.7 Å². The number of benzene rings is 2. The zero-order valence-electron chi connectivity index (χ0n) is 15.9. The minimum absolute atomic E-state index is 0.141. The number of sulfonamides is 1. The number of rotatable bonds is 5. The molecule has 1 saturated heterocycles. The van der Waals surface area contributed by atoms with Gasteiger partial charge in [0.1, 0.15) is 0 Å². The van der Waals surface area contributed by atoms with Crippen LogP contribution in [0.15, 0.2) is 53.4 Å². The molecule has 2 aliphatic rings. The van der Waals surface area contributed by atoms with Gasteiger partial charge in [-0.05, 0) is 62.6 Å². The lowest BCUT2D eigenvalue weighted by Crippen LogP contribution is -2.37. The third-order valence-electron chi connectivity index (χ3n) is 5.47. The highest BCUT2D eigenvalue weighted by atomic mass is 32.2. The summed E-state index contributed by atoms with van der Waals surface area (Å²) in [5.41, 5.74) is 2.10. The van der Waals surface area contributed by atoms with E-state index in [4.69, 9.17) is 0 Å². The Morgan fingerprint density at radius 3 is 2.82 bits per heavy atom. The third kappa shape index (κ3) is 3.52. The average molecular weight is 400 g/mol. The topological polar surface area (TPSA) is 78.5 Å². The number of nitrogens with one attached hydrogen (secondary N) is 2. The van der Waals surface area contributed by atoms with Crippen LogP contribution in [0.25, 0.3) is 0 Å². The Labute approximate surface area is 166 Å². The van der Waals surface area contributed by atoms with Gasteiger partial charge in [0.05, 0.1) is 10.6 Å². The van der Waals surface area contributed by atoms with Crippen LogP contribution in [0.4, 0.5) is 5.69 Å². The van der Waals surface area contributed by atoms with Crippen LogP contribution in [0.2, 0.25) is 0 Å². The molecule has 7 heteroatoms. The lowest BCUT2D eigenvalue weighted by atomic mass is 10.1. The van der Waals surface area contributed by atoms with Crippen LogP contribution < -0.4 is 14.9 Å². The maximum atomic E-state index is 13.3. The summed E-state index contributed by atoms with van der Waals surface area (Å²) < 4.78 is 28.1. The predicted octanol–water partition coefficient (Wildman–Crippen LogP) is 2.31. The lowest BCUT2D eigenvalue weighted by molar-refractivity contribution is 0.0950. The fraction of sp³-hybridized carbons (Fsp3) is 0.381. The molecule has 1 fully saturated rings. The molecule has 6 nitrogen and oxygen atoms in total. The number of fused-ring (bicyclic) bond motifs is 1. The molecule has 2 atom stereocenters. The molecule has 2 N–H and O–H groups in total. The van der Waals surface area contributed by atoms with Gasteiger partial charge in [-0.3, -0.25) is 9.10 Å². The fourth-order valence-corrected chi connectivity index (χ4v) is 5.80. The Balaban J connectivity index is 1.57. The van der Waals surface area contributed by atoms with Gasteiger partial charge in [-0.2, -0.15) is 0 Å². The van der Waals surface area contributed by atoms with Crippen LogP contribution in [0.3, 0.4) is 0 Å². The molecule has 2 aliphatic heterocycles. The summed E-state index contributed by atoms with van der Waals surface area (Å²) >= 11 is 0. The first-order chi connectivity index (χ1) is 13.5. The average Bonchev–Trinajstić information content (AvgIpc) is 3.32. The number of carbonyl (C=O) groups is 1. The van der Waals surface area contributed by atoms with Gasteiger partial charge in [0.2, 0.25) is 0 Å². The molecular formula is C21H25N3O3S. The van der Waals surface area contributed by atoms with Crippen molar-refractivity contribution in [1.29, 1.82) is 0 Å². The molecule has 0 bridgehead atoms. The SMILES string of the molecule is CC1Cc2ccccc2N1S(=O)(=O)c1cccc(C(=O)NCC2CCCN2)c1. The Hall–Kier alpha value is -2.38. The summed E-state index contributed by atoms with van der Waals surface area (Å²) in [7, 11) is -3.75. The van der Waals surface area contributed by atoms with Crippen molar-refractivity contribution in [1.82, 2.24) is 10.6 Å². The molecule has 2 heterocycles. The third-order valence-corrected chi connectivity index (χ3v) is 7.39.